The Morgan fingerprint density at radius 1 is 1.21 bits per heavy atom. The van der Waals surface area contributed by atoms with Crippen LogP contribution in [0.2, 0.25) is 0 Å². The highest BCUT2D eigenvalue weighted by Gasteiger charge is 2.23. The van der Waals surface area contributed by atoms with E-state index in [0.717, 1.165) is 39.5 Å². The summed E-state index contributed by atoms with van der Waals surface area (Å²) in [5.74, 6) is 0.638. The van der Waals surface area contributed by atoms with E-state index in [9.17, 15) is 4.79 Å². The molecule has 2 N–H and O–H groups in total. The predicted molar refractivity (Wildman–Crippen MR) is 115 cm³/mol. The fourth-order valence-electron chi connectivity index (χ4n) is 3.06. The number of aromatic nitrogens is 1. The molecule has 2 aromatic carbocycles. The Bertz CT molecular complexity index is 987. The van der Waals surface area contributed by atoms with Gasteiger partial charge in [-0.2, -0.15) is 0 Å². The van der Waals surface area contributed by atoms with E-state index in [-0.39, 0.29) is 18.6 Å². The molecule has 1 amide bonds. The largest absolute Gasteiger partial charge is 0.484 e. The van der Waals surface area contributed by atoms with Crippen LogP contribution >= 0.6 is 15.9 Å². The number of pyridine rings is 1. The number of carbonyl (C=O) groups is 1. The van der Waals surface area contributed by atoms with E-state index in [4.69, 9.17) is 4.74 Å². The average molecular weight is 440 g/mol. The van der Waals surface area contributed by atoms with E-state index < -0.39 is 0 Å². The third kappa shape index (κ3) is 4.62. The molecule has 1 aliphatic rings. The molecular weight excluding hydrogens is 418 g/mol. The lowest BCUT2D eigenvalue weighted by Gasteiger charge is -2.18. The second-order valence-electron chi connectivity index (χ2n) is 7.09. The maximum absolute atomic E-state index is 11.7. The van der Waals surface area contributed by atoms with Crippen LogP contribution in [0.15, 0.2) is 59.2 Å². The maximum atomic E-state index is 11.7. The fraction of sp³-hybridized carbons (Fsp3) is 0.273. The lowest BCUT2D eigenvalue weighted by molar-refractivity contribution is -0.123. The van der Waals surface area contributed by atoms with Crippen molar-refractivity contribution in [1.82, 2.24) is 10.3 Å². The molecule has 0 saturated heterocycles. The molecular formula is C22H22BrN3O2. The number of nitrogens with one attached hydrogen (secondary N) is 2. The standard InChI is InChI=1S/C22H22BrN3O2/c1-14(25-20-10-11-24-21-12-16(23)4-9-19(20)21)15-2-7-18(8-3-15)28-13-22(27)26-17-5-6-17/h2-4,7-12,14,17H,5-6,13H2,1H3,(H,24,25)(H,26,27). The Hall–Kier alpha value is -2.60. The molecule has 1 saturated carbocycles. The number of halogens is 1. The summed E-state index contributed by atoms with van der Waals surface area (Å²) in [4.78, 5) is 16.2. The topological polar surface area (TPSA) is 63.3 Å². The van der Waals surface area contributed by atoms with Gasteiger partial charge in [-0.05, 0) is 61.7 Å². The van der Waals surface area contributed by atoms with Gasteiger partial charge in [-0.3, -0.25) is 9.78 Å². The highest BCUT2D eigenvalue weighted by molar-refractivity contribution is 9.10. The Morgan fingerprint density at radius 2 is 2.00 bits per heavy atom. The number of amides is 1. The summed E-state index contributed by atoms with van der Waals surface area (Å²) in [6.45, 7) is 2.17. The Kier molecular flexibility index (Phi) is 5.48. The molecule has 4 rings (SSSR count). The summed E-state index contributed by atoms with van der Waals surface area (Å²) in [6.07, 6.45) is 3.97. The molecule has 144 valence electrons. The summed E-state index contributed by atoms with van der Waals surface area (Å²) in [7, 11) is 0. The van der Waals surface area contributed by atoms with Crippen molar-refractivity contribution in [1.29, 1.82) is 0 Å². The molecule has 0 spiro atoms. The van der Waals surface area contributed by atoms with E-state index in [2.05, 4.69) is 44.5 Å². The van der Waals surface area contributed by atoms with Crippen molar-refractivity contribution >= 4 is 38.4 Å². The van der Waals surface area contributed by atoms with E-state index in [1.807, 2.05) is 48.7 Å². The van der Waals surface area contributed by atoms with E-state index >= 15 is 0 Å². The van der Waals surface area contributed by atoms with E-state index in [1.54, 1.807) is 0 Å². The monoisotopic (exact) mass is 439 g/mol. The zero-order valence-corrected chi connectivity index (χ0v) is 17.2. The van der Waals surface area contributed by atoms with Crippen LogP contribution in [0.4, 0.5) is 5.69 Å². The number of hydrogen-bond acceptors (Lipinski definition) is 4. The quantitative estimate of drug-likeness (QED) is 0.553. The first-order valence-corrected chi connectivity index (χ1v) is 10.2. The zero-order valence-electron chi connectivity index (χ0n) is 15.6. The van der Waals surface area contributed by atoms with Gasteiger partial charge in [0.15, 0.2) is 6.61 Å². The van der Waals surface area contributed by atoms with E-state index in [0.29, 0.717) is 11.8 Å². The second-order valence-corrected chi connectivity index (χ2v) is 8.00. The number of nitrogens with zero attached hydrogens (tertiary/aromatic N) is 1. The molecule has 28 heavy (non-hydrogen) atoms. The van der Waals surface area contributed by atoms with Gasteiger partial charge >= 0.3 is 0 Å². The summed E-state index contributed by atoms with van der Waals surface area (Å²) in [6, 6.07) is 16.4. The van der Waals surface area contributed by atoms with Crippen molar-refractivity contribution in [2.24, 2.45) is 0 Å². The van der Waals surface area contributed by atoms with Crippen LogP contribution < -0.4 is 15.4 Å². The van der Waals surface area contributed by atoms with Crippen molar-refractivity contribution in [3.8, 4) is 5.75 Å². The van der Waals surface area contributed by atoms with Crippen LogP contribution in [0, 0.1) is 0 Å². The average Bonchev–Trinajstić information content (AvgIpc) is 3.50. The van der Waals surface area contributed by atoms with Crippen LogP contribution in [0.5, 0.6) is 5.75 Å². The van der Waals surface area contributed by atoms with Crippen molar-refractivity contribution in [2.45, 2.75) is 31.8 Å². The maximum Gasteiger partial charge on any atom is 0.258 e. The first-order valence-electron chi connectivity index (χ1n) is 9.41. The number of rotatable bonds is 7. The summed E-state index contributed by atoms with van der Waals surface area (Å²) >= 11 is 3.49. The summed E-state index contributed by atoms with van der Waals surface area (Å²) in [5, 5.41) is 7.56. The SMILES string of the molecule is CC(Nc1ccnc2cc(Br)ccc12)c1ccc(OCC(=O)NC2CC2)cc1. The van der Waals surface area contributed by atoms with Gasteiger partial charge in [0.2, 0.25) is 0 Å². The minimum Gasteiger partial charge on any atom is -0.484 e. The number of fused-ring (bicyclic) bond motifs is 1. The number of hydrogen-bond donors (Lipinski definition) is 2. The van der Waals surface area contributed by atoms with Gasteiger partial charge in [0, 0.05) is 33.8 Å². The molecule has 6 heteroatoms. The summed E-state index contributed by atoms with van der Waals surface area (Å²) < 4.78 is 6.59. The van der Waals surface area contributed by atoms with Gasteiger partial charge in [0.1, 0.15) is 5.75 Å². The van der Waals surface area contributed by atoms with Crippen LogP contribution in [0.25, 0.3) is 10.9 Å². The van der Waals surface area contributed by atoms with Gasteiger partial charge in [0.25, 0.3) is 5.91 Å². The third-order valence-corrected chi connectivity index (χ3v) is 5.26. The third-order valence-electron chi connectivity index (χ3n) is 4.77. The van der Waals surface area contributed by atoms with Crippen LogP contribution in [-0.4, -0.2) is 23.5 Å². The molecule has 1 unspecified atom stereocenters. The van der Waals surface area contributed by atoms with Crippen molar-refractivity contribution in [2.75, 3.05) is 11.9 Å². The number of carbonyl (C=O) groups excluding carboxylic acids is 1. The Morgan fingerprint density at radius 3 is 2.75 bits per heavy atom. The van der Waals surface area contributed by atoms with Crippen LogP contribution in [0.1, 0.15) is 31.4 Å². The molecule has 1 heterocycles. The molecule has 0 aliphatic heterocycles. The smallest absolute Gasteiger partial charge is 0.258 e. The number of anilines is 1. The van der Waals surface area contributed by atoms with Gasteiger partial charge in [-0.15, -0.1) is 0 Å². The molecule has 3 aromatic rings. The van der Waals surface area contributed by atoms with Gasteiger partial charge < -0.3 is 15.4 Å². The lowest BCUT2D eigenvalue weighted by atomic mass is 10.1. The first kappa shape index (κ1) is 18.7. The highest BCUT2D eigenvalue weighted by atomic mass is 79.9. The van der Waals surface area contributed by atoms with Crippen LogP contribution in [-0.2, 0) is 4.79 Å². The van der Waals surface area contributed by atoms with Crippen molar-refractivity contribution in [3.05, 3.63) is 64.8 Å². The van der Waals surface area contributed by atoms with E-state index in [1.165, 1.54) is 0 Å². The van der Waals surface area contributed by atoms with Gasteiger partial charge in [0.05, 0.1) is 5.52 Å². The fourth-order valence-corrected chi connectivity index (χ4v) is 3.41. The number of ether oxygens (including phenoxy) is 1. The van der Waals surface area contributed by atoms with Gasteiger partial charge in [-0.1, -0.05) is 28.1 Å². The second kappa shape index (κ2) is 8.19. The van der Waals surface area contributed by atoms with Crippen LogP contribution in [0.3, 0.4) is 0 Å². The molecule has 5 nitrogen and oxygen atoms in total. The molecule has 0 radical (unpaired) electrons. The normalized spacial score (nSPS) is 14.5. The summed E-state index contributed by atoms with van der Waals surface area (Å²) in [5.41, 5.74) is 3.12. The lowest BCUT2D eigenvalue weighted by Crippen LogP contribution is -2.30. The molecule has 1 atom stereocenters. The van der Waals surface area contributed by atoms with Crippen molar-refractivity contribution < 1.29 is 9.53 Å². The molecule has 1 aromatic heterocycles. The van der Waals surface area contributed by atoms with Gasteiger partial charge in [-0.25, -0.2) is 0 Å². The minimum atomic E-state index is -0.0576. The minimum absolute atomic E-state index is 0.0576. The molecule has 1 fully saturated rings. The van der Waals surface area contributed by atoms with Crippen molar-refractivity contribution in [3.63, 3.8) is 0 Å². The number of benzene rings is 2. The predicted octanol–water partition coefficient (Wildman–Crippen LogP) is 4.83. The zero-order chi connectivity index (χ0) is 19.5. The first-order chi connectivity index (χ1) is 13.6. The molecule has 0 bridgehead atoms. The Balaban J connectivity index is 1.39. The molecule has 1 aliphatic carbocycles. The highest BCUT2D eigenvalue weighted by Crippen LogP contribution is 2.28. The Labute approximate surface area is 172 Å².